The molecule has 3 unspecified atom stereocenters. The van der Waals surface area contributed by atoms with Crippen molar-refractivity contribution in [3.8, 4) is 0 Å². The molecule has 0 aromatic rings. The van der Waals surface area contributed by atoms with Crippen LogP contribution in [0.5, 0.6) is 0 Å². The van der Waals surface area contributed by atoms with Gasteiger partial charge < -0.3 is 0 Å². The van der Waals surface area contributed by atoms with Gasteiger partial charge >= 0.3 is 86.5 Å². The standard InChI is InChI=1S/C8H13O.BrH.Hg/c1-3-7-5-2-6-8(4-1)9-7;;/h3,7-8H,1-2,4-6H2;1H;/q;;+1/p-1. The molecule has 0 spiro atoms. The van der Waals surface area contributed by atoms with Crippen molar-refractivity contribution < 1.29 is 26.9 Å². The summed E-state index contributed by atoms with van der Waals surface area (Å²) in [5.74, 6) is 0. The number of halogens is 1. The van der Waals surface area contributed by atoms with Gasteiger partial charge in [-0.2, -0.15) is 0 Å². The van der Waals surface area contributed by atoms with E-state index in [1.807, 2.05) is 0 Å². The molecular formula is C8H13BrHgO. The molecule has 11 heavy (non-hydrogen) atoms. The van der Waals surface area contributed by atoms with Crippen molar-refractivity contribution in [2.24, 2.45) is 0 Å². The Morgan fingerprint density at radius 2 is 2.09 bits per heavy atom. The fourth-order valence-electron chi connectivity index (χ4n) is 2.25. The fourth-order valence-corrected chi connectivity index (χ4v) is 12.4. The first-order chi connectivity index (χ1) is 5.40. The molecule has 0 aromatic carbocycles. The predicted molar refractivity (Wildman–Crippen MR) is 44.4 cm³/mol. The van der Waals surface area contributed by atoms with Crippen LogP contribution >= 0.6 is 11.9 Å². The zero-order chi connectivity index (χ0) is 7.68. The zero-order valence-electron chi connectivity index (χ0n) is 6.76. The Morgan fingerprint density at radius 1 is 1.18 bits per heavy atom. The summed E-state index contributed by atoms with van der Waals surface area (Å²) in [5.41, 5.74) is 0. The fraction of sp³-hybridized carbons (Fsp3) is 1.00. The van der Waals surface area contributed by atoms with Gasteiger partial charge in [0.15, 0.2) is 0 Å². The van der Waals surface area contributed by atoms with Gasteiger partial charge in [0.05, 0.1) is 0 Å². The average Bonchev–Trinajstić information content (AvgIpc) is 2.06. The molecule has 2 rings (SSSR count). The third kappa shape index (κ3) is 2.00. The molecule has 0 aromatic heterocycles. The molecule has 2 bridgehead atoms. The SMILES string of the molecule is [Br][Hg][CH]1CCC2CCCC1O2. The topological polar surface area (TPSA) is 9.23 Å². The number of ether oxygens (including phenoxy) is 1. The van der Waals surface area contributed by atoms with Gasteiger partial charge in [0.1, 0.15) is 0 Å². The zero-order valence-corrected chi connectivity index (χ0v) is 13.8. The molecule has 0 saturated carbocycles. The maximum atomic E-state index is 5.95. The van der Waals surface area contributed by atoms with Gasteiger partial charge in [0.25, 0.3) is 0 Å². The van der Waals surface area contributed by atoms with Crippen LogP contribution in [0.4, 0.5) is 0 Å². The minimum atomic E-state index is -0.664. The second-order valence-corrected chi connectivity index (χ2v) is 14.7. The monoisotopic (exact) mass is 406 g/mol. The van der Waals surface area contributed by atoms with E-state index < -0.39 is 22.1 Å². The third-order valence-corrected chi connectivity index (χ3v) is 15.4. The number of fused-ring (bicyclic) bond motifs is 2. The summed E-state index contributed by atoms with van der Waals surface area (Å²) in [6.45, 7) is 0. The molecule has 2 fully saturated rings. The van der Waals surface area contributed by atoms with E-state index in [2.05, 4.69) is 11.9 Å². The van der Waals surface area contributed by atoms with E-state index in [0.29, 0.717) is 12.2 Å². The molecule has 0 radical (unpaired) electrons. The molecular weight excluding hydrogens is 393 g/mol. The average molecular weight is 406 g/mol. The van der Waals surface area contributed by atoms with E-state index >= 15 is 0 Å². The van der Waals surface area contributed by atoms with Crippen molar-refractivity contribution in [3.05, 3.63) is 0 Å². The van der Waals surface area contributed by atoms with Gasteiger partial charge in [-0.1, -0.05) is 0 Å². The first kappa shape index (κ1) is 8.95. The van der Waals surface area contributed by atoms with E-state index in [4.69, 9.17) is 4.74 Å². The Balaban J connectivity index is 1.97. The molecule has 2 aliphatic rings. The maximum absolute atomic E-state index is 5.95. The van der Waals surface area contributed by atoms with Crippen LogP contribution in [-0.2, 0) is 26.9 Å². The molecule has 3 heteroatoms. The van der Waals surface area contributed by atoms with Gasteiger partial charge in [-0.15, -0.1) is 0 Å². The number of rotatable bonds is 1. The molecule has 2 aliphatic heterocycles. The predicted octanol–water partition coefficient (Wildman–Crippen LogP) is 2.90. The van der Waals surface area contributed by atoms with Gasteiger partial charge in [-0.05, 0) is 0 Å². The molecule has 2 saturated heterocycles. The van der Waals surface area contributed by atoms with Crippen molar-refractivity contribution in [2.75, 3.05) is 0 Å². The second-order valence-electron chi connectivity index (χ2n) is 3.72. The van der Waals surface area contributed by atoms with E-state index in [-0.39, 0.29) is 0 Å². The summed E-state index contributed by atoms with van der Waals surface area (Å²) in [4.78, 5) is 0. The molecule has 0 N–H and O–H groups in total. The molecule has 60 valence electrons. The van der Waals surface area contributed by atoms with Gasteiger partial charge in [-0.3, -0.25) is 0 Å². The summed E-state index contributed by atoms with van der Waals surface area (Å²) >= 11 is 3.11. The Labute approximate surface area is 85.9 Å². The van der Waals surface area contributed by atoms with E-state index in [1.54, 1.807) is 0 Å². The van der Waals surface area contributed by atoms with E-state index in [1.165, 1.54) is 32.1 Å². The summed E-state index contributed by atoms with van der Waals surface area (Å²) < 4.78 is 6.97. The Hall–Kier alpha value is 1.38. The summed E-state index contributed by atoms with van der Waals surface area (Å²) in [6, 6.07) is 0. The molecule has 3 atom stereocenters. The first-order valence-electron chi connectivity index (χ1n) is 4.61. The van der Waals surface area contributed by atoms with E-state index in [0.717, 1.165) is 3.43 Å². The Morgan fingerprint density at radius 3 is 2.91 bits per heavy atom. The normalized spacial score (nSPS) is 43.2. The third-order valence-electron chi connectivity index (χ3n) is 2.97. The summed E-state index contributed by atoms with van der Waals surface area (Å²) in [7, 11) is 0. The Kier molecular flexibility index (Phi) is 3.30. The summed E-state index contributed by atoms with van der Waals surface area (Å²) in [5, 5.41) is 0. The van der Waals surface area contributed by atoms with Crippen LogP contribution < -0.4 is 0 Å². The summed E-state index contributed by atoms with van der Waals surface area (Å²) in [6.07, 6.45) is 8.28. The number of hydrogen-bond acceptors (Lipinski definition) is 1. The van der Waals surface area contributed by atoms with Crippen LogP contribution in [0, 0.1) is 0 Å². The van der Waals surface area contributed by atoms with Crippen LogP contribution in [-0.4, -0.2) is 12.2 Å². The first-order valence-corrected chi connectivity index (χ1v) is 19.7. The van der Waals surface area contributed by atoms with Crippen LogP contribution in [0.25, 0.3) is 0 Å². The van der Waals surface area contributed by atoms with Gasteiger partial charge in [-0.25, -0.2) is 0 Å². The van der Waals surface area contributed by atoms with Crippen LogP contribution in [0.1, 0.15) is 32.1 Å². The molecule has 2 heterocycles. The van der Waals surface area contributed by atoms with Crippen molar-refractivity contribution in [3.63, 3.8) is 0 Å². The van der Waals surface area contributed by atoms with Crippen LogP contribution in [0.15, 0.2) is 0 Å². The van der Waals surface area contributed by atoms with Crippen LogP contribution in [0.2, 0.25) is 3.43 Å². The van der Waals surface area contributed by atoms with E-state index in [9.17, 15) is 0 Å². The van der Waals surface area contributed by atoms with Gasteiger partial charge in [0.2, 0.25) is 0 Å². The molecule has 0 aliphatic carbocycles. The molecule has 1 nitrogen and oxygen atoms in total. The molecule has 0 amide bonds. The Bertz CT molecular complexity index is 142. The minimum absolute atomic E-state index is 0.650. The van der Waals surface area contributed by atoms with Crippen molar-refractivity contribution in [1.29, 1.82) is 0 Å². The van der Waals surface area contributed by atoms with Gasteiger partial charge in [0, 0.05) is 0 Å². The quantitative estimate of drug-likeness (QED) is 0.610. The second kappa shape index (κ2) is 4.06. The van der Waals surface area contributed by atoms with Crippen molar-refractivity contribution in [1.82, 2.24) is 0 Å². The van der Waals surface area contributed by atoms with Crippen molar-refractivity contribution in [2.45, 2.75) is 47.7 Å². The van der Waals surface area contributed by atoms with Crippen molar-refractivity contribution >= 4 is 11.9 Å². The number of hydrogen-bond donors (Lipinski definition) is 0. The van der Waals surface area contributed by atoms with Crippen LogP contribution in [0.3, 0.4) is 0 Å².